The molecule has 51 heavy (non-hydrogen) atoms. The maximum Gasteiger partial charge on any atom is 0.197 e. The molecule has 3 aromatic heterocycles. The van der Waals surface area contributed by atoms with E-state index in [-0.39, 0.29) is 69.7 Å². The molecule has 0 atom stereocenters. The van der Waals surface area contributed by atoms with Gasteiger partial charge >= 0.3 is 0 Å². The van der Waals surface area contributed by atoms with Crippen molar-refractivity contribution in [3.8, 4) is 45.7 Å². The Balaban J connectivity index is 1.20. The fourth-order valence-electron chi connectivity index (χ4n) is 5.14. The molecule has 0 N–H and O–H groups in total. The van der Waals surface area contributed by atoms with Gasteiger partial charge in [0, 0.05) is 35.9 Å². The van der Waals surface area contributed by atoms with Crippen LogP contribution < -0.4 is 24.4 Å². The lowest BCUT2D eigenvalue weighted by Gasteiger charge is -2.14. The monoisotopic (exact) mass is 700 g/mol. The van der Waals surface area contributed by atoms with E-state index in [1.807, 2.05) is 0 Å². The van der Waals surface area contributed by atoms with Gasteiger partial charge < -0.3 is 23.4 Å². The predicted molar refractivity (Wildman–Crippen MR) is 172 cm³/mol. The van der Waals surface area contributed by atoms with Crippen LogP contribution in [-0.4, -0.2) is 44.2 Å². The Bertz CT molecular complexity index is 2460. The highest BCUT2D eigenvalue weighted by molar-refractivity contribution is 5.86. The number of nitrogens with zero attached hydrogens (tertiary/aromatic N) is 6. The van der Waals surface area contributed by atoms with Gasteiger partial charge in [-0.2, -0.15) is 0 Å². The zero-order valence-corrected chi connectivity index (χ0v) is 26.6. The van der Waals surface area contributed by atoms with Crippen LogP contribution >= 0.6 is 0 Å². The molecule has 4 aromatic carbocycles. The molecule has 7 aromatic rings. The number of aromatic nitrogens is 6. The highest BCUT2D eigenvalue weighted by atomic mass is 19.1. The summed E-state index contributed by atoms with van der Waals surface area (Å²) in [5.74, 6) is -1.83. The minimum absolute atomic E-state index is 0.00999. The molecule has 0 bridgehead atoms. The molecule has 0 aliphatic carbocycles. The second-order valence-electron chi connectivity index (χ2n) is 10.9. The molecule has 0 saturated carbocycles. The van der Waals surface area contributed by atoms with E-state index < -0.39 is 23.3 Å². The second kappa shape index (κ2) is 13.7. The largest absolute Gasteiger partial charge is 0.496 e. The Morgan fingerprint density at radius 3 is 1.84 bits per heavy atom. The predicted octanol–water partition coefficient (Wildman–Crippen LogP) is 6.35. The quantitative estimate of drug-likeness (QED) is 0.141. The summed E-state index contributed by atoms with van der Waals surface area (Å²) in [6.45, 7) is -0.304. The lowest BCUT2D eigenvalue weighted by atomic mass is 10.1. The van der Waals surface area contributed by atoms with Gasteiger partial charge in [-0.15, -0.1) is 10.2 Å². The summed E-state index contributed by atoms with van der Waals surface area (Å²) in [5, 5.41) is 16.1. The molecule has 0 saturated heterocycles. The summed E-state index contributed by atoms with van der Waals surface area (Å²) in [7, 11) is 2.90. The third kappa shape index (κ3) is 6.79. The van der Waals surface area contributed by atoms with Crippen LogP contribution in [0.3, 0.4) is 0 Å². The van der Waals surface area contributed by atoms with Crippen molar-refractivity contribution in [1.82, 2.24) is 30.0 Å². The highest BCUT2D eigenvalue weighted by Gasteiger charge is 2.18. The van der Waals surface area contributed by atoms with E-state index >= 15 is 0 Å². The summed E-state index contributed by atoms with van der Waals surface area (Å²) in [5.41, 5.74) is 0.865. The molecular weight excluding hydrogens is 676 g/mol. The fourth-order valence-corrected chi connectivity index (χ4v) is 5.14. The van der Waals surface area contributed by atoms with Crippen molar-refractivity contribution in [3.05, 3.63) is 130 Å². The first-order valence-electron chi connectivity index (χ1n) is 15.0. The van der Waals surface area contributed by atoms with Crippen LogP contribution in [0.25, 0.3) is 33.7 Å². The molecule has 0 amide bonds. The van der Waals surface area contributed by atoms with Gasteiger partial charge in [0.2, 0.25) is 0 Å². The van der Waals surface area contributed by atoms with Gasteiger partial charge in [-0.3, -0.25) is 4.79 Å². The zero-order chi connectivity index (χ0) is 35.6. The van der Waals surface area contributed by atoms with Crippen LogP contribution in [0.5, 0.6) is 23.0 Å². The van der Waals surface area contributed by atoms with Gasteiger partial charge in [0.15, 0.2) is 28.6 Å². The molecule has 0 radical (unpaired) electrons. The zero-order valence-electron chi connectivity index (χ0n) is 26.6. The van der Waals surface area contributed by atoms with Gasteiger partial charge in [-0.25, -0.2) is 26.9 Å². The first-order valence-corrected chi connectivity index (χ1v) is 15.0. The van der Waals surface area contributed by atoms with Crippen LogP contribution in [0.2, 0.25) is 0 Å². The lowest BCUT2D eigenvalue weighted by Crippen LogP contribution is -2.04. The Labute approximate surface area is 285 Å². The number of methoxy groups -OCH3 is 2. The van der Waals surface area contributed by atoms with Crippen LogP contribution in [0, 0.1) is 23.3 Å². The summed E-state index contributed by atoms with van der Waals surface area (Å²) < 4.78 is 86.7. The van der Waals surface area contributed by atoms with E-state index in [4.69, 9.17) is 23.4 Å². The molecule has 258 valence electrons. The molecule has 16 heteroatoms. The van der Waals surface area contributed by atoms with Gasteiger partial charge in [-0.05, 0) is 42.5 Å². The Morgan fingerprint density at radius 1 is 0.667 bits per heavy atom. The average Bonchev–Trinajstić information content (AvgIpc) is 3.79. The fraction of sp³-hybridized carbons (Fsp3) is 0.114. The van der Waals surface area contributed by atoms with E-state index in [9.17, 15) is 22.4 Å². The Morgan fingerprint density at radius 2 is 1.27 bits per heavy atom. The molecule has 7 rings (SSSR count). The van der Waals surface area contributed by atoms with Crippen LogP contribution in [0.1, 0.15) is 11.4 Å². The minimum Gasteiger partial charge on any atom is -0.496 e. The molecule has 0 spiro atoms. The van der Waals surface area contributed by atoms with Crippen LogP contribution in [0.4, 0.5) is 17.6 Å². The minimum atomic E-state index is -0.832. The molecule has 0 fully saturated rings. The Hall–Kier alpha value is -6.71. The topological polar surface area (TPSA) is 129 Å². The summed E-state index contributed by atoms with van der Waals surface area (Å²) >= 11 is 0. The van der Waals surface area contributed by atoms with Crippen molar-refractivity contribution in [2.75, 3.05) is 14.2 Å². The summed E-state index contributed by atoms with van der Waals surface area (Å²) in [6, 6.07) is 15.4. The van der Waals surface area contributed by atoms with Crippen LogP contribution in [-0.2, 0) is 13.2 Å². The summed E-state index contributed by atoms with van der Waals surface area (Å²) in [6.07, 6.45) is 2.83. The van der Waals surface area contributed by atoms with Crippen molar-refractivity contribution in [1.29, 1.82) is 0 Å². The molecular formula is C35H24F4N6O6. The molecule has 12 nitrogen and oxygen atoms in total. The van der Waals surface area contributed by atoms with Crippen molar-refractivity contribution < 1.29 is 40.9 Å². The van der Waals surface area contributed by atoms with E-state index in [1.54, 1.807) is 30.3 Å². The highest BCUT2D eigenvalue weighted by Crippen LogP contribution is 2.36. The third-order valence-electron chi connectivity index (χ3n) is 7.60. The smallest absolute Gasteiger partial charge is 0.197 e. The number of fused-ring (bicyclic) bond motifs is 1. The van der Waals surface area contributed by atoms with Gasteiger partial charge in [-0.1, -0.05) is 10.4 Å². The van der Waals surface area contributed by atoms with E-state index in [0.29, 0.717) is 17.0 Å². The average molecular weight is 701 g/mol. The number of ether oxygens (including phenoxy) is 4. The number of benzene rings is 4. The number of rotatable bonds is 11. The SMILES string of the molecule is COc1cc(OC)c2c(=O)cc(-c3ccc(OCc4cn(-c5ccc(F)cc5F)nn4)c(OCc4cn(-c5ccc(F)cc5F)nn4)c3)oc2c1. The number of hydrogen-bond donors (Lipinski definition) is 0. The van der Waals surface area contributed by atoms with Gasteiger partial charge in [0.1, 0.15) is 75.8 Å². The normalized spacial score (nSPS) is 11.2. The van der Waals surface area contributed by atoms with E-state index in [1.165, 1.54) is 44.8 Å². The maximum atomic E-state index is 14.4. The van der Waals surface area contributed by atoms with Crippen molar-refractivity contribution >= 4 is 11.0 Å². The van der Waals surface area contributed by atoms with Crippen molar-refractivity contribution in [3.63, 3.8) is 0 Å². The van der Waals surface area contributed by atoms with Gasteiger partial charge in [0.25, 0.3) is 0 Å². The maximum absolute atomic E-state index is 14.4. The van der Waals surface area contributed by atoms with Gasteiger partial charge in [0.05, 0.1) is 26.6 Å². The van der Waals surface area contributed by atoms with E-state index in [2.05, 4.69) is 20.6 Å². The lowest BCUT2D eigenvalue weighted by molar-refractivity contribution is 0.252. The first-order chi connectivity index (χ1) is 24.7. The standard InChI is InChI=1S/C35H24F4N6O6/c1-47-24-12-33(48-2)35-29(46)14-31(51-34(35)13-24)19-3-8-30(49-17-22-15-44(42-40-22)27-6-4-20(36)10-25(27)38)32(9-19)50-18-23-16-45(43-41-23)28-7-5-21(37)11-26(28)39/h3-16H,17-18H2,1-2H3. The summed E-state index contributed by atoms with van der Waals surface area (Å²) in [4.78, 5) is 13.2. The number of halogens is 4. The molecule has 3 heterocycles. The van der Waals surface area contributed by atoms with Crippen molar-refractivity contribution in [2.24, 2.45) is 0 Å². The van der Waals surface area contributed by atoms with Crippen LogP contribution in [0.15, 0.2) is 94.4 Å². The molecule has 0 aliphatic rings. The first kappa shape index (κ1) is 32.8. The number of hydrogen-bond acceptors (Lipinski definition) is 10. The molecule has 0 aliphatic heterocycles. The van der Waals surface area contributed by atoms with Crippen molar-refractivity contribution in [2.45, 2.75) is 13.2 Å². The second-order valence-corrected chi connectivity index (χ2v) is 10.9. The third-order valence-corrected chi connectivity index (χ3v) is 7.60. The Kier molecular flexibility index (Phi) is 8.79. The van der Waals surface area contributed by atoms with E-state index in [0.717, 1.165) is 33.6 Å². The molecule has 0 unspecified atom stereocenters.